The zero-order valence-electron chi connectivity index (χ0n) is 15.3. The normalized spacial score (nSPS) is 12.3. The molecule has 3 N–H and O–H groups in total. The van der Waals surface area contributed by atoms with Gasteiger partial charge < -0.3 is 29.6 Å². The van der Waals surface area contributed by atoms with E-state index in [4.69, 9.17) is 14.6 Å². The molecule has 27 heavy (non-hydrogen) atoms. The van der Waals surface area contributed by atoms with Crippen LogP contribution in [0.15, 0.2) is 48.5 Å². The van der Waals surface area contributed by atoms with Crippen molar-refractivity contribution in [1.82, 2.24) is 9.55 Å². The quantitative estimate of drug-likeness (QED) is 0.505. The number of imidazole rings is 1. The molecule has 144 valence electrons. The van der Waals surface area contributed by atoms with Crippen molar-refractivity contribution in [2.75, 3.05) is 32.2 Å². The van der Waals surface area contributed by atoms with Crippen molar-refractivity contribution in [3.8, 4) is 5.75 Å². The predicted octanol–water partition coefficient (Wildman–Crippen LogP) is 2.03. The van der Waals surface area contributed by atoms with E-state index >= 15 is 0 Å². The third kappa shape index (κ3) is 4.97. The molecule has 0 fully saturated rings. The lowest BCUT2D eigenvalue weighted by Gasteiger charge is -2.15. The summed E-state index contributed by atoms with van der Waals surface area (Å²) in [5.41, 5.74) is 2.78. The lowest BCUT2D eigenvalue weighted by Crippen LogP contribution is -2.23. The van der Waals surface area contributed by atoms with Crippen molar-refractivity contribution in [3.63, 3.8) is 0 Å². The molecule has 1 aromatic heterocycles. The minimum atomic E-state index is -0.685. The van der Waals surface area contributed by atoms with Gasteiger partial charge in [-0.2, -0.15) is 0 Å². The van der Waals surface area contributed by atoms with Crippen molar-refractivity contribution in [1.29, 1.82) is 0 Å². The van der Waals surface area contributed by atoms with Gasteiger partial charge in [0.05, 0.1) is 50.6 Å². The zero-order chi connectivity index (χ0) is 19.1. The fraction of sp³-hybridized carbons (Fsp3) is 0.350. The van der Waals surface area contributed by atoms with Crippen molar-refractivity contribution >= 4 is 17.0 Å². The molecule has 3 rings (SSSR count). The van der Waals surface area contributed by atoms with Crippen LogP contribution in [0.4, 0.5) is 5.95 Å². The second-order valence-electron chi connectivity index (χ2n) is 6.20. The van der Waals surface area contributed by atoms with E-state index in [9.17, 15) is 5.11 Å². The van der Waals surface area contributed by atoms with Gasteiger partial charge in [0, 0.05) is 6.54 Å². The van der Waals surface area contributed by atoms with Crippen LogP contribution in [0.1, 0.15) is 5.56 Å². The second-order valence-corrected chi connectivity index (χ2v) is 6.20. The Labute approximate surface area is 158 Å². The topological polar surface area (TPSA) is 88.8 Å². The Hall–Kier alpha value is -2.61. The van der Waals surface area contributed by atoms with Gasteiger partial charge in [0.2, 0.25) is 5.95 Å². The van der Waals surface area contributed by atoms with Gasteiger partial charge in [0.15, 0.2) is 0 Å². The third-order valence-electron chi connectivity index (χ3n) is 4.18. The molecule has 0 aliphatic heterocycles. The molecule has 0 amide bonds. The van der Waals surface area contributed by atoms with Crippen LogP contribution in [0.2, 0.25) is 0 Å². The van der Waals surface area contributed by atoms with Crippen LogP contribution < -0.4 is 10.1 Å². The molecular formula is C20H25N3O4. The zero-order valence-corrected chi connectivity index (χ0v) is 15.3. The number of nitrogens with zero attached hydrogens (tertiary/aromatic N) is 2. The van der Waals surface area contributed by atoms with Crippen molar-refractivity contribution in [3.05, 3.63) is 54.1 Å². The minimum Gasteiger partial charge on any atom is -0.497 e. The number of fused-ring (bicyclic) bond motifs is 1. The van der Waals surface area contributed by atoms with E-state index < -0.39 is 6.10 Å². The van der Waals surface area contributed by atoms with Gasteiger partial charge in [0.25, 0.3) is 0 Å². The Morgan fingerprint density at radius 3 is 2.67 bits per heavy atom. The summed E-state index contributed by atoms with van der Waals surface area (Å²) in [7, 11) is 1.63. The summed E-state index contributed by atoms with van der Waals surface area (Å²) in [6, 6.07) is 15.4. The summed E-state index contributed by atoms with van der Waals surface area (Å²) in [4.78, 5) is 4.52. The number of aliphatic hydroxyl groups is 2. The van der Waals surface area contributed by atoms with Gasteiger partial charge in [0.1, 0.15) is 5.75 Å². The predicted molar refractivity (Wildman–Crippen MR) is 104 cm³/mol. The van der Waals surface area contributed by atoms with Crippen LogP contribution in [0.25, 0.3) is 11.0 Å². The van der Waals surface area contributed by atoms with Crippen LogP contribution in [-0.2, 0) is 17.9 Å². The smallest absolute Gasteiger partial charge is 0.204 e. The summed E-state index contributed by atoms with van der Waals surface area (Å²) in [5, 5.41) is 22.6. The number of para-hydroxylation sites is 2. The number of aliphatic hydroxyl groups excluding tert-OH is 2. The van der Waals surface area contributed by atoms with Crippen LogP contribution in [-0.4, -0.2) is 52.7 Å². The van der Waals surface area contributed by atoms with Crippen molar-refractivity contribution in [2.45, 2.75) is 19.3 Å². The highest BCUT2D eigenvalue weighted by atomic mass is 16.5. The molecule has 1 atom stereocenters. The Bertz CT molecular complexity index is 848. The molecule has 0 saturated carbocycles. The number of ether oxygens (including phenoxy) is 2. The SMILES string of the molecule is COc1ccc(COCC(O)Cn2c(NCCO)nc3ccccc32)cc1. The Morgan fingerprint density at radius 2 is 1.93 bits per heavy atom. The van der Waals surface area contributed by atoms with Crippen LogP contribution in [0, 0.1) is 0 Å². The Morgan fingerprint density at radius 1 is 1.15 bits per heavy atom. The monoisotopic (exact) mass is 371 g/mol. The molecule has 0 saturated heterocycles. The van der Waals surface area contributed by atoms with E-state index in [1.807, 2.05) is 53.1 Å². The lowest BCUT2D eigenvalue weighted by atomic mass is 10.2. The van der Waals surface area contributed by atoms with Gasteiger partial charge >= 0.3 is 0 Å². The number of nitrogens with one attached hydrogen (secondary N) is 1. The first-order valence-electron chi connectivity index (χ1n) is 8.90. The molecule has 0 aliphatic rings. The number of aromatic nitrogens is 2. The fourth-order valence-electron chi connectivity index (χ4n) is 2.86. The number of methoxy groups -OCH3 is 1. The van der Waals surface area contributed by atoms with Gasteiger partial charge in [-0.3, -0.25) is 0 Å². The van der Waals surface area contributed by atoms with Crippen molar-refractivity contribution < 1.29 is 19.7 Å². The van der Waals surface area contributed by atoms with E-state index in [0.29, 0.717) is 25.6 Å². The van der Waals surface area contributed by atoms with Gasteiger partial charge in [-0.1, -0.05) is 24.3 Å². The molecular weight excluding hydrogens is 346 g/mol. The second kappa shape index (κ2) is 9.36. The fourth-order valence-corrected chi connectivity index (χ4v) is 2.86. The molecule has 2 aromatic carbocycles. The van der Waals surface area contributed by atoms with E-state index in [0.717, 1.165) is 22.3 Å². The first-order valence-corrected chi connectivity index (χ1v) is 8.90. The van der Waals surface area contributed by atoms with Crippen LogP contribution >= 0.6 is 0 Å². The molecule has 0 spiro atoms. The number of anilines is 1. The van der Waals surface area contributed by atoms with Gasteiger partial charge in [-0.05, 0) is 29.8 Å². The summed E-state index contributed by atoms with van der Waals surface area (Å²) in [6.07, 6.45) is -0.685. The largest absolute Gasteiger partial charge is 0.497 e. The number of benzene rings is 2. The van der Waals surface area contributed by atoms with E-state index in [1.165, 1.54) is 0 Å². The highest BCUT2D eigenvalue weighted by Crippen LogP contribution is 2.20. The average molecular weight is 371 g/mol. The molecule has 0 radical (unpaired) electrons. The maximum Gasteiger partial charge on any atom is 0.204 e. The third-order valence-corrected chi connectivity index (χ3v) is 4.18. The molecule has 3 aromatic rings. The standard InChI is InChI=1S/C20H25N3O4/c1-26-17-8-6-15(7-9-17)13-27-14-16(25)12-23-19-5-3-2-4-18(19)22-20(23)21-10-11-24/h2-9,16,24-25H,10-14H2,1H3,(H,21,22). The lowest BCUT2D eigenvalue weighted by molar-refractivity contribution is 0.0211. The summed E-state index contributed by atoms with van der Waals surface area (Å²) in [6.45, 7) is 1.38. The van der Waals surface area contributed by atoms with Gasteiger partial charge in [-0.15, -0.1) is 0 Å². The first kappa shape index (κ1) is 19.2. The van der Waals surface area contributed by atoms with Crippen LogP contribution in [0.3, 0.4) is 0 Å². The summed E-state index contributed by atoms with van der Waals surface area (Å²) in [5.74, 6) is 1.42. The average Bonchev–Trinajstić information content (AvgIpc) is 3.04. The maximum atomic E-state index is 10.4. The Kier molecular flexibility index (Phi) is 6.64. The molecule has 0 bridgehead atoms. The molecule has 0 aliphatic carbocycles. The summed E-state index contributed by atoms with van der Waals surface area (Å²) < 4.78 is 12.7. The number of rotatable bonds is 10. The van der Waals surface area contributed by atoms with E-state index in [-0.39, 0.29) is 13.2 Å². The van der Waals surface area contributed by atoms with E-state index in [1.54, 1.807) is 7.11 Å². The highest BCUT2D eigenvalue weighted by Gasteiger charge is 2.14. The van der Waals surface area contributed by atoms with E-state index in [2.05, 4.69) is 10.3 Å². The minimum absolute atomic E-state index is 0.0106. The molecule has 1 heterocycles. The van der Waals surface area contributed by atoms with Crippen LogP contribution in [0.5, 0.6) is 5.75 Å². The molecule has 7 nitrogen and oxygen atoms in total. The van der Waals surface area contributed by atoms with Gasteiger partial charge in [-0.25, -0.2) is 4.98 Å². The number of hydrogen-bond donors (Lipinski definition) is 3. The molecule has 1 unspecified atom stereocenters. The summed E-state index contributed by atoms with van der Waals surface area (Å²) >= 11 is 0. The maximum absolute atomic E-state index is 10.4. The van der Waals surface area contributed by atoms with Crippen molar-refractivity contribution in [2.24, 2.45) is 0 Å². The highest BCUT2D eigenvalue weighted by molar-refractivity contribution is 5.78. The Balaban J connectivity index is 1.60. The molecule has 7 heteroatoms. The first-order chi connectivity index (χ1) is 13.2. The number of hydrogen-bond acceptors (Lipinski definition) is 6.